The first-order chi connectivity index (χ1) is 11.1. The van der Waals surface area contributed by atoms with Gasteiger partial charge in [0.25, 0.3) is 5.91 Å². The Bertz CT molecular complexity index is 715. The molecule has 0 aliphatic rings. The molecule has 7 heteroatoms. The van der Waals surface area contributed by atoms with Crippen molar-refractivity contribution in [2.24, 2.45) is 0 Å². The van der Waals surface area contributed by atoms with Gasteiger partial charge in [0, 0.05) is 5.39 Å². The van der Waals surface area contributed by atoms with Gasteiger partial charge in [-0.2, -0.15) is 5.06 Å². The van der Waals surface area contributed by atoms with Gasteiger partial charge in [-0.25, -0.2) is 4.79 Å². The quantitative estimate of drug-likeness (QED) is 0.496. The van der Waals surface area contributed by atoms with Crippen LogP contribution >= 0.6 is 0 Å². The van der Waals surface area contributed by atoms with Crippen LogP contribution in [0.25, 0.3) is 10.8 Å². The third kappa shape index (κ3) is 3.77. The smallest absolute Gasteiger partial charge is 0.331 e. The predicted octanol–water partition coefficient (Wildman–Crippen LogP) is 1.76. The van der Waals surface area contributed by atoms with Gasteiger partial charge in [0.2, 0.25) is 0 Å². The van der Waals surface area contributed by atoms with Crippen molar-refractivity contribution in [1.29, 1.82) is 0 Å². The molecule has 0 radical (unpaired) electrons. The van der Waals surface area contributed by atoms with Gasteiger partial charge in [-0.15, -0.1) is 0 Å². The zero-order valence-electron chi connectivity index (χ0n) is 12.8. The number of carbonyl (C=O) groups excluding carboxylic acids is 2. The van der Waals surface area contributed by atoms with E-state index >= 15 is 0 Å². The van der Waals surface area contributed by atoms with E-state index in [9.17, 15) is 14.8 Å². The van der Waals surface area contributed by atoms with Crippen LogP contribution in [0.4, 0.5) is 5.69 Å². The van der Waals surface area contributed by atoms with Gasteiger partial charge in [-0.05, 0) is 11.5 Å². The van der Waals surface area contributed by atoms with Crippen molar-refractivity contribution < 1.29 is 29.0 Å². The fourth-order valence-corrected chi connectivity index (χ4v) is 2.09. The van der Waals surface area contributed by atoms with E-state index in [4.69, 9.17) is 9.47 Å². The van der Waals surface area contributed by atoms with Crippen LogP contribution in [0.5, 0.6) is 5.75 Å². The number of hydrogen-bond acceptors (Lipinski definition) is 6. The Hall–Kier alpha value is -2.64. The van der Waals surface area contributed by atoms with Crippen LogP contribution in [0.3, 0.4) is 0 Å². The second-order valence-electron chi connectivity index (χ2n) is 4.61. The average Bonchev–Trinajstić information content (AvgIpc) is 2.59. The van der Waals surface area contributed by atoms with Crippen molar-refractivity contribution in [3.8, 4) is 5.75 Å². The maximum atomic E-state index is 12.0. The Balaban J connectivity index is 2.18. The number of hydroxylamine groups is 1. The molecule has 0 atom stereocenters. The van der Waals surface area contributed by atoms with E-state index in [1.54, 1.807) is 12.1 Å². The summed E-state index contributed by atoms with van der Waals surface area (Å²) in [5.41, 5.74) is 0.192. The lowest BCUT2D eigenvalue weighted by Gasteiger charge is -2.19. The van der Waals surface area contributed by atoms with Crippen molar-refractivity contribution in [1.82, 2.24) is 0 Å². The summed E-state index contributed by atoms with van der Waals surface area (Å²) in [6.45, 7) is -0.841. The number of amides is 1. The number of fused-ring (bicyclic) bond motifs is 1. The standard InChI is InChI=1S/C16H17NO6/c1-21-15(19)10-23-9-14(18)17(20)13-8-7-11-5-3-4-6-12(11)16(13)22-2/h3-8,20H,9-10H2,1-2H3. The summed E-state index contributed by atoms with van der Waals surface area (Å²) in [6, 6.07) is 10.8. The zero-order valence-corrected chi connectivity index (χ0v) is 12.8. The number of esters is 1. The van der Waals surface area contributed by atoms with Crippen LogP contribution in [0.15, 0.2) is 36.4 Å². The molecule has 0 heterocycles. The summed E-state index contributed by atoms with van der Waals surface area (Å²) in [4.78, 5) is 22.9. The van der Waals surface area contributed by atoms with Crippen molar-refractivity contribution in [2.75, 3.05) is 32.5 Å². The minimum Gasteiger partial charge on any atom is -0.494 e. The number of rotatable bonds is 6. The van der Waals surface area contributed by atoms with E-state index in [0.29, 0.717) is 10.8 Å². The lowest BCUT2D eigenvalue weighted by molar-refractivity contribution is -0.147. The maximum absolute atomic E-state index is 12.0. The topological polar surface area (TPSA) is 85.3 Å². The van der Waals surface area contributed by atoms with E-state index in [2.05, 4.69) is 4.74 Å². The number of anilines is 1. The minimum absolute atomic E-state index is 0.192. The molecule has 0 fully saturated rings. The Morgan fingerprint density at radius 1 is 1.09 bits per heavy atom. The van der Waals surface area contributed by atoms with Gasteiger partial charge in [0.1, 0.15) is 18.9 Å². The van der Waals surface area contributed by atoms with E-state index in [0.717, 1.165) is 10.8 Å². The molecule has 23 heavy (non-hydrogen) atoms. The molecule has 0 spiro atoms. The average molecular weight is 319 g/mol. The van der Waals surface area contributed by atoms with Crippen LogP contribution in [0.2, 0.25) is 0 Å². The van der Waals surface area contributed by atoms with E-state index in [-0.39, 0.29) is 12.3 Å². The predicted molar refractivity (Wildman–Crippen MR) is 82.6 cm³/mol. The molecule has 0 bridgehead atoms. The highest BCUT2D eigenvalue weighted by atomic mass is 16.6. The summed E-state index contributed by atoms with van der Waals surface area (Å²) in [6.07, 6.45) is 0. The number of ether oxygens (including phenoxy) is 3. The van der Waals surface area contributed by atoms with Gasteiger partial charge in [0.15, 0.2) is 5.75 Å². The van der Waals surface area contributed by atoms with Gasteiger partial charge >= 0.3 is 5.97 Å². The number of carbonyl (C=O) groups is 2. The van der Waals surface area contributed by atoms with Crippen LogP contribution in [-0.2, 0) is 19.1 Å². The molecule has 2 aromatic rings. The highest BCUT2D eigenvalue weighted by Crippen LogP contribution is 2.35. The third-order valence-corrected chi connectivity index (χ3v) is 3.20. The van der Waals surface area contributed by atoms with Crippen LogP contribution in [0, 0.1) is 0 Å². The van der Waals surface area contributed by atoms with Crippen LogP contribution in [-0.4, -0.2) is 44.5 Å². The number of hydrogen-bond donors (Lipinski definition) is 1. The molecule has 2 aromatic carbocycles. The Morgan fingerprint density at radius 3 is 2.52 bits per heavy atom. The normalized spacial score (nSPS) is 10.4. The first-order valence-electron chi connectivity index (χ1n) is 6.80. The lowest BCUT2D eigenvalue weighted by Crippen LogP contribution is -2.32. The molecule has 2 rings (SSSR count). The van der Waals surface area contributed by atoms with Crippen molar-refractivity contribution >= 4 is 28.3 Å². The molecule has 122 valence electrons. The second-order valence-corrected chi connectivity index (χ2v) is 4.61. The van der Waals surface area contributed by atoms with E-state index in [1.807, 2.05) is 24.3 Å². The summed E-state index contributed by atoms with van der Waals surface area (Å²) < 4.78 is 14.6. The minimum atomic E-state index is -0.734. The van der Waals surface area contributed by atoms with E-state index in [1.165, 1.54) is 14.2 Å². The molecule has 1 amide bonds. The largest absolute Gasteiger partial charge is 0.494 e. The Labute approximate surface area is 132 Å². The van der Waals surface area contributed by atoms with E-state index < -0.39 is 18.5 Å². The molecule has 0 saturated carbocycles. The van der Waals surface area contributed by atoms with Gasteiger partial charge in [-0.1, -0.05) is 30.3 Å². The zero-order chi connectivity index (χ0) is 16.8. The highest BCUT2D eigenvalue weighted by Gasteiger charge is 2.19. The van der Waals surface area contributed by atoms with Crippen molar-refractivity contribution in [2.45, 2.75) is 0 Å². The fourth-order valence-electron chi connectivity index (χ4n) is 2.09. The van der Waals surface area contributed by atoms with Crippen molar-refractivity contribution in [3.63, 3.8) is 0 Å². The molecule has 1 N–H and O–H groups in total. The molecule has 7 nitrogen and oxygen atoms in total. The Kier molecular flexibility index (Phi) is 5.51. The molecule has 0 unspecified atom stereocenters. The van der Waals surface area contributed by atoms with Gasteiger partial charge < -0.3 is 14.2 Å². The Morgan fingerprint density at radius 2 is 1.83 bits per heavy atom. The van der Waals surface area contributed by atoms with Crippen LogP contribution < -0.4 is 9.80 Å². The molecular formula is C16H17NO6. The first kappa shape index (κ1) is 16.7. The number of methoxy groups -OCH3 is 2. The summed E-state index contributed by atoms with van der Waals surface area (Å²) >= 11 is 0. The lowest BCUT2D eigenvalue weighted by atomic mass is 10.1. The fraction of sp³-hybridized carbons (Fsp3) is 0.250. The third-order valence-electron chi connectivity index (χ3n) is 3.20. The van der Waals surface area contributed by atoms with Gasteiger partial charge in [-0.3, -0.25) is 10.0 Å². The summed E-state index contributed by atoms with van der Waals surface area (Å²) in [5.74, 6) is -0.972. The molecule has 0 aliphatic heterocycles. The monoisotopic (exact) mass is 319 g/mol. The number of benzene rings is 2. The molecule has 0 aliphatic carbocycles. The van der Waals surface area contributed by atoms with Crippen LogP contribution in [0.1, 0.15) is 0 Å². The molecule has 0 aromatic heterocycles. The maximum Gasteiger partial charge on any atom is 0.331 e. The van der Waals surface area contributed by atoms with Gasteiger partial charge in [0.05, 0.1) is 14.2 Å². The first-order valence-corrected chi connectivity index (χ1v) is 6.80. The summed E-state index contributed by atoms with van der Waals surface area (Å²) in [7, 11) is 2.67. The highest BCUT2D eigenvalue weighted by molar-refractivity contribution is 6.00. The second kappa shape index (κ2) is 7.57. The number of nitrogens with zero attached hydrogens (tertiary/aromatic N) is 1. The van der Waals surface area contributed by atoms with Crippen molar-refractivity contribution in [3.05, 3.63) is 36.4 Å². The SMILES string of the molecule is COC(=O)COCC(=O)N(O)c1ccc2ccccc2c1OC. The summed E-state index contributed by atoms with van der Waals surface area (Å²) in [5, 5.41) is 12.2. The molecular weight excluding hydrogens is 302 g/mol. The molecule has 0 saturated heterocycles.